The summed E-state index contributed by atoms with van der Waals surface area (Å²) in [5.74, 6) is -2.48. The lowest BCUT2D eigenvalue weighted by atomic mass is 9.74. The standard InChI is InChI=1S/C11H18N2O5/c1-2-18-10(17)8(12)9(16)13-11(4-3-5-11)6-7(14)15/h8H,2-6,12H2,1H3,(H,13,16)(H,14,15). The van der Waals surface area contributed by atoms with E-state index < -0.39 is 29.4 Å². The van der Waals surface area contributed by atoms with Crippen LogP contribution in [0, 0.1) is 0 Å². The molecule has 0 bridgehead atoms. The molecular weight excluding hydrogens is 240 g/mol. The zero-order valence-electron chi connectivity index (χ0n) is 10.3. The average Bonchev–Trinajstić information content (AvgIpc) is 2.24. The summed E-state index contributed by atoms with van der Waals surface area (Å²) in [5.41, 5.74) is 4.67. The predicted octanol–water partition coefficient (Wildman–Crippen LogP) is -0.610. The smallest absolute Gasteiger partial charge is 0.332 e. The fraction of sp³-hybridized carbons (Fsp3) is 0.727. The maximum Gasteiger partial charge on any atom is 0.332 e. The van der Waals surface area contributed by atoms with Crippen LogP contribution in [0.1, 0.15) is 32.6 Å². The number of amides is 1. The van der Waals surface area contributed by atoms with Gasteiger partial charge in [0.1, 0.15) is 0 Å². The van der Waals surface area contributed by atoms with Crippen molar-refractivity contribution >= 4 is 17.8 Å². The minimum Gasteiger partial charge on any atom is -0.481 e. The molecule has 0 radical (unpaired) electrons. The number of hydrogen-bond donors (Lipinski definition) is 3. The lowest BCUT2D eigenvalue weighted by Crippen LogP contribution is -2.59. The molecule has 0 aromatic rings. The van der Waals surface area contributed by atoms with Crippen LogP contribution in [0.15, 0.2) is 0 Å². The van der Waals surface area contributed by atoms with Crippen LogP contribution in [0.3, 0.4) is 0 Å². The van der Waals surface area contributed by atoms with E-state index in [0.29, 0.717) is 12.8 Å². The number of carboxylic acid groups (broad SMARTS) is 1. The van der Waals surface area contributed by atoms with Crippen molar-refractivity contribution in [1.82, 2.24) is 5.32 Å². The minimum atomic E-state index is -1.41. The summed E-state index contributed by atoms with van der Waals surface area (Å²) in [7, 11) is 0. The highest BCUT2D eigenvalue weighted by atomic mass is 16.5. The molecule has 7 heteroatoms. The molecule has 1 fully saturated rings. The van der Waals surface area contributed by atoms with Gasteiger partial charge in [-0.05, 0) is 26.2 Å². The van der Waals surface area contributed by atoms with Crippen LogP contribution in [0.25, 0.3) is 0 Å². The number of nitrogens with two attached hydrogens (primary N) is 1. The van der Waals surface area contributed by atoms with Crippen molar-refractivity contribution in [3.63, 3.8) is 0 Å². The quantitative estimate of drug-likeness (QED) is 0.432. The van der Waals surface area contributed by atoms with Gasteiger partial charge in [0.25, 0.3) is 0 Å². The molecule has 1 unspecified atom stereocenters. The first-order valence-electron chi connectivity index (χ1n) is 5.86. The molecule has 1 atom stereocenters. The Hall–Kier alpha value is -1.63. The third-order valence-corrected chi connectivity index (χ3v) is 3.01. The minimum absolute atomic E-state index is 0.139. The number of carboxylic acids is 1. The monoisotopic (exact) mass is 258 g/mol. The number of rotatable bonds is 6. The highest BCUT2D eigenvalue weighted by Gasteiger charge is 2.42. The van der Waals surface area contributed by atoms with E-state index in [1.165, 1.54) is 0 Å². The SMILES string of the molecule is CCOC(=O)C(N)C(=O)NC1(CC(=O)O)CCC1. The van der Waals surface area contributed by atoms with E-state index in [1.807, 2.05) is 0 Å². The lowest BCUT2D eigenvalue weighted by Gasteiger charge is -2.41. The number of esters is 1. The topological polar surface area (TPSA) is 119 Å². The highest BCUT2D eigenvalue weighted by molar-refractivity contribution is 6.02. The average molecular weight is 258 g/mol. The van der Waals surface area contributed by atoms with Gasteiger partial charge in [-0.2, -0.15) is 0 Å². The third kappa shape index (κ3) is 3.43. The van der Waals surface area contributed by atoms with Crippen LogP contribution in [-0.4, -0.2) is 41.1 Å². The molecule has 102 valence electrons. The van der Waals surface area contributed by atoms with Crippen molar-refractivity contribution in [2.24, 2.45) is 5.73 Å². The van der Waals surface area contributed by atoms with Gasteiger partial charge in [0.15, 0.2) is 6.04 Å². The molecule has 4 N–H and O–H groups in total. The second kappa shape index (κ2) is 5.81. The van der Waals surface area contributed by atoms with E-state index >= 15 is 0 Å². The zero-order chi connectivity index (χ0) is 13.8. The Bertz CT molecular complexity index is 351. The first kappa shape index (κ1) is 14.4. The fourth-order valence-electron chi connectivity index (χ4n) is 1.92. The highest BCUT2D eigenvalue weighted by Crippen LogP contribution is 2.34. The van der Waals surface area contributed by atoms with Crippen LogP contribution >= 0.6 is 0 Å². The summed E-state index contributed by atoms with van der Waals surface area (Å²) < 4.78 is 4.63. The molecule has 0 aliphatic heterocycles. The van der Waals surface area contributed by atoms with Gasteiger partial charge in [-0.15, -0.1) is 0 Å². The van der Waals surface area contributed by atoms with Crippen LogP contribution in [0.4, 0.5) is 0 Å². The van der Waals surface area contributed by atoms with E-state index in [0.717, 1.165) is 6.42 Å². The Labute approximate surface area is 105 Å². The summed E-state index contributed by atoms with van der Waals surface area (Å²) >= 11 is 0. The van der Waals surface area contributed by atoms with Gasteiger partial charge in [-0.1, -0.05) is 0 Å². The van der Waals surface area contributed by atoms with Gasteiger partial charge in [0.05, 0.1) is 18.6 Å². The summed E-state index contributed by atoms with van der Waals surface area (Å²) in [6.45, 7) is 1.75. The van der Waals surface area contributed by atoms with Crippen LogP contribution in [0.5, 0.6) is 0 Å². The van der Waals surface area contributed by atoms with Crippen molar-refractivity contribution in [1.29, 1.82) is 0 Å². The lowest BCUT2D eigenvalue weighted by molar-refractivity contribution is -0.148. The molecule has 1 saturated carbocycles. The molecule has 1 amide bonds. The first-order chi connectivity index (χ1) is 8.40. The van der Waals surface area contributed by atoms with Crippen molar-refractivity contribution in [2.75, 3.05) is 6.61 Å². The number of nitrogens with one attached hydrogen (secondary N) is 1. The van der Waals surface area contributed by atoms with E-state index in [9.17, 15) is 14.4 Å². The van der Waals surface area contributed by atoms with Gasteiger partial charge in [0.2, 0.25) is 5.91 Å². The van der Waals surface area contributed by atoms with Gasteiger partial charge in [-0.25, -0.2) is 4.79 Å². The summed E-state index contributed by atoms with van der Waals surface area (Å²) in [4.78, 5) is 33.7. The summed E-state index contributed by atoms with van der Waals surface area (Å²) in [6, 6.07) is -1.41. The molecule has 0 heterocycles. The number of ether oxygens (including phenoxy) is 1. The number of carbonyl (C=O) groups excluding carboxylic acids is 2. The predicted molar refractivity (Wildman–Crippen MR) is 61.6 cm³/mol. The molecule has 1 rings (SSSR count). The Morgan fingerprint density at radius 1 is 1.44 bits per heavy atom. The van der Waals surface area contributed by atoms with Crippen LogP contribution < -0.4 is 11.1 Å². The zero-order valence-corrected chi connectivity index (χ0v) is 10.3. The maximum atomic E-state index is 11.7. The van der Waals surface area contributed by atoms with E-state index in [-0.39, 0.29) is 13.0 Å². The third-order valence-electron chi connectivity index (χ3n) is 3.01. The largest absolute Gasteiger partial charge is 0.481 e. The molecule has 7 nitrogen and oxygen atoms in total. The molecule has 1 aliphatic carbocycles. The van der Waals surface area contributed by atoms with Crippen molar-refractivity contribution in [2.45, 2.75) is 44.2 Å². The normalized spacial score (nSPS) is 18.3. The molecule has 0 saturated heterocycles. The molecule has 0 aromatic carbocycles. The van der Waals surface area contributed by atoms with Crippen molar-refractivity contribution < 1.29 is 24.2 Å². The Morgan fingerprint density at radius 2 is 2.06 bits per heavy atom. The molecule has 18 heavy (non-hydrogen) atoms. The van der Waals surface area contributed by atoms with E-state index in [4.69, 9.17) is 10.8 Å². The molecular formula is C11H18N2O5. The molecule has 0 aromatic heterocycles. The Morgan fingerprint density at radius 3 is 2.44 bits per heavy atom. The maximum absolute atomic E-state index is 11.7. The summed E-state index contributed by atoms with van der Waals surface area (Å²) in [6.07, 6.45) is 1.86. The second-order valence-corrected chi connectivity index (χ2v) is 4.42. The number of hydrogen-bond acceptors (Lipinski definition) is 5. The number of aliphatic carboxylic acids is 1. The van der Waals surface area contributed by atoms with Gasteiger partial charge in [-0.3, -0.25) is 9.59 Å². The van der Waals surface area contributed by atoms with Gasteiger partial charge < -0.3 is 20.9 Å². The fourth-order valence-corrected chi connectivity index (χ4v) is 1.92. The van der Waals surface area contributed by atoms with E-state index in [2.05, 4.69) is 10.1 Å². The van der Waals surface area contributed by atoms with Crippen LogP contribution in [0.2, 0.25) is 0 Å². The van der Waals surface area contributed by atoms with Crippen LogP contribution in [-0.2, 0) is 19.1 Å². The Balaban J connectivity index is 2.57. The first-order valence-corrected chi connectivity index (χ1v) is 5.86. The van der Waals surface area contributed by atoms with Gasteiger partial charge in [0, 0.05) is 0 Å². The van der Waals surface area contributed by atoms with Crippen molar-refractivity contribution in [3.05, 3.63) is 0 Å². The Kier molecular flexibility index (Phi) is 4.66. The van der Waals surface area contributed by atoms with Crippen molar-refractivity contribution in [3.8, 4) is 0 Å². The summed E-state index contributed by atoms with van der Waals surface area (Å²) in [5, 5.41) is 11.3. The van der Waals surface area contributed by atoms with E-state index in [1.54, 1.807) is 6.92 Å². The van der Waals surface area contributed by atoms with Gasteiger partial charge >= 0.3 is 11.9 Å². The second-order valence-electron chi connectivity index (χ2n) is 4.42. The molecule has 0 spiro atoms. The molecule has 1 aliphatic rings. The number of carbonyl (C=O) groups is 3.